The smallest absolute Gasteiger partial charge is 0.243 e. The highest BCUT2D eigenvalue weighted by molar-refractivity contribution is 5.88. The van der Waals surface area contributed by atoms with E-state index in [-0.39, 0.29) is 11.3 Å². The van der Waals surface area contributed by atoms with Crippen LogP contribution in [-0.4, -0.2) is 22.4 Å². The Balaban J connectivity index is 1.31. The molecular weight excluding hydrogens is 370 g/mol. The first-order chi connectivity index (χ1) is 14.8. The molecule has 0 bridgehead atoms. The van der Waals surface area contributed by atoms with Gasteiger partial charge in [0.25, 0.3) is 0 Å². The third-order valence-electron chi connectivity index (χ3n) is 5.65. The van der Waals surface area contributed by atoms with Crippen LogP contribution in [0.4, 0.5) is 0 Å². The molecule has 0 aliphatic heterocycles. The van der Waals surface area contributed by atoms with E-state index >= 15 is 0 Å². The van der Waals surface area contributed by atoms with Crippen molar-refractivity contribution in [2.75, 3.05) is 6.54 Å². The molecule has 1 saturated carbocycles. The Morgan fingerprint density at radius 2 is 1.83 bits per heavy atom. The number of hydrogen-bond acceptors (Lipinski definition) is 3. The lowest BCUT2D eigenvalue weighted by Crippen LogP contribution is -2.22. The number of pyridine rings is 2. The fourth-order valence-corrected chi connectivity index (χ4v) is 3.80. The zero-order valence-electron chi connectivity index (χ0n) is 17.1. The Bertz CT molecular complexity index is 995. The van der Waals surface area contributed by atoms with Gasteiger partial charge in [0.15, 0.2) is 0 Å². The summed E-state index contributed by atoms with van der Waals surface area (Å²) >= 11 is 0. The minimum Gasteiger partial charge on any atom is -0.353 e. The third-order valence-corrected chi connectivity index (χ3v) is 5.65. The van der Waals surface area contributed by atoms with Crippen LogP contribution >= 0.6 is 0 Å². The lowest BCUT2D eigenvalue weighted by molar-refractivity contribution is -0.116. The minimum atomic E-state index is -0.0723. The average Bonchev–Trinajstić information content (AvgIpc) is 3.60. The van der Waals surface area contributed by atoms with Crippen LogP contribution in [0.2, 0.25) is 0 Å². The van der Waals surface area contributed by atoms with Gasteiger partial charge in [0, 0.05) is 36.1 Å². The first-order valence-electron chi connectivity index (χ1n) is 10.6. The normalized spacial score (nSPS) is 14.5. The molecule has 4 nitrogen and oxygen atoms in total. The number of rotatable bonds is 9. The third kappa shape index (κ3) is 5.01. The Morgan fingerprint density at radius 3 is 2.60 bits per heavy atom. The highest BCUT2D eigenvalue weighted by atomic mass is 16.1. The summed E-state index contributed by atoms with van der Waals surface area (Å²) in [7, 11) is 0. The van der Waals surface area contributed by atoms with Crippen LogP contribution in [0.15, 0.2) is 85.3 Å². The van der Waals surface area contributed by atoms with E-state index in [1.165, 1.54) is 11.1 Å². The van der Waals surface area contributed by atoms with E-state index in [4.69, 9.17) is 0 Å². The van der Waals surface area contributed by atoms with Gasteiger partial charge in [-0.1, -0.05) is 48.5 Å². The van der Waals surface area contributed by atoms with Crippen molar-refractivity contribution in [1.82, 2.24) is 15.3 Å². The van der Waals surface area contributed by atoms with Crippen LogP contribution in [0, 0.1) is 0 Å². The summed E-state index contributed by atoms with van der Waals surface area (Å²) in [6.45, 7) is 0.693. The molecule has 1 fully saturated rings. The molecule has 4 heteroatoms. The molecule has 152 valence electrons. The van der Waals surface area contributed by atoms with Crippen molar-refractivity contribution in [2.24, 2.45) is 0 Å². The number of nitrogens with one attached hydrogen (secondary N) is 1. The molecule has 1 aliphatic rings. The van der Waals surface area contributed by atoms with Crippen LogP contribution < -0.4 is 5.32 Å². The van der Waals surface area contributed by atoms with Crippen LogP contribution in [0.1, 0.15) is 36.8 Å². The molecule has 1 aromatic carbocycles. The Hall–Kier alpha value is -3.27. The van der Waals surface area contributed by atoms with Crippen molar-refractivity contribution in [3.8, 4) is 11.3 Å². The van der Waals surface area contributed by atoms with Gasteiger partial charge < -0.3 is 5.32 Å². The SMILES string of the molecule is O=C(C=CC1(c2cccnc2-c2ccccc2)CC1)NCCCCc1cccnc1. The van der Waals surface area contributed by atoms with Gasteiger partial charge in [-0.2, -0.15) is 0 Å². The first kappa shape index (κ1) is 20.0. The summed E-state index contributed by atoms with van der Waals surface area (Å²) in [5.41, 5.74) is 4.50. The molecule has 0 spiro atoms. The van der Waals surface area contributed by atoms with Crippen molar-refractivity contribution in [3.05, 3.63) is 96.5 Å². The predicted octanol–water partition coefficient (Wildman–Crippen LogP) is 4.87. The summed E-state index contributed by atoms with van der Waals surface area (Å²) < 4.78 is 0. The lowest BCUT2D eigenvalue weighted by atomic mass is 9.91. The largest absolute Gasteiger partial charge is 0.353 e. The van der Waals surface area contributed by atoms with Crippen LogP contribution in [0.5, 0.6) is 0 Å². The Kier molecular flexibility index (Phi) is 6.33. The Labute approximate surface area is 178 Å². The summed E-state index contributed by atoms with van der Waals surface area (Å²) in [5, 5.41) is 3.01. The molecule has 2 heterocycles. The van der Waals surface area contributed by atoms with Gasteiger partial charge in [-0.25, -0.2) is 0 Å². The zero-order valence-corrected chi connectivity index (χ0v) is 17.1. The van der Waals surface area contributed by atoms with Crippen molar-refractivity contribution in [2.45, 2.75) is 37.5 Å². The second-order valence-corrected chi connectivity index (χ2v) is 7.86. The van der Waals surface area contributed by atoms with Gasteiger partial charge in [-0.05, 0) is 61.4 Å². The molecule has 2 aromatic heterocycles. The van der Waals surface area contributed by atoms with E-state index in [0.29, 0.717) is 6.54 Å². The molecule has 0 atom stereocenters. The van der Waals surface area contributed by atoms with Crippen molar-refractivity contribution < 1.29 is 4.79 Å². The monoisotopic (exact) mass is 397 g/mol. The van der Waals surface area contributed by atoms with E-state index < -0.39 is 0 Å². The topological polar surface area (TPSA) is 54.9 Å². The van der Waals surface area contributed by atoms with Gasteiger partial charge in [0.2, 0.25) is 5.91 Å². The maximum absolute atomic E-state index is 12.3. The van der Waals surface area contributed by atoms with Crippen LogP contribution in [0.3, 0.4) is 0 Å². The fourth-order valence-electron chi connectivity index (χ4n) is 3.80. The Morgan fingerprint density at radius 1 is 1.00 bits per heavy atom. The highest BCUT2D eigenvalue weighted by Gasteiger charge is 2.43. The second kappa shape index (κ2) is 9.49. The van der Waals surface area contributed by atoms with E-state index in [2.05, 4.69) is 45.6 Å². The first-order valence-corrected chi connectivity index (χ1v) is 10.6. The maximum atomic E-state index is 12.3. The number of amides is 1. The number of aryl methyl sites for hydroxylation is 1. The standard InChI is InChI=1S/C26H27N3O/c30-24(28-18-5-4-8-21-9-6-17-27-20-21)13-14-26(15-16-26)23-12-7-19-29-25(23)22-10-2-1-3-11-22/h1-3,6-7,9-14,17,19-20H,4-5,8,15-16,18H2,(H,28,30). The maximum Gasteiger partial charge on any atom is 0.243 e. The summed E-state index contributed by atoms with van der Waals surface area (Å²) in [6.07, 6.45) is 14.4. The lowest BCUT2D eigenvalue weighted by Gasteiger charge is -2.15. The summed E-state index contributed by atoms with van der Waals surface area (Å²) in [5.74, 6) is -0.0206. The molecule has 1 N–H and O–H groups in total. The molecule has 0 saturated heterocycles. The number of unbranched alkanes of at least 4 members (excludes halogenated alkanes) is 1. The highest BCUT2D eigenvalue weighted by Crippen LogP contribution is 2.51. The van der Waals surface area contributed by atoms with E-state index in [1.807, 2.05) is 42.7 Å². The summed E-state index contributed by atoms with van der Waals surface area (Å²) in [6, 6.07) is 18.4. The van der Waals surface area contributed by atoms with Gasteiger partial charge in [0.1, 0.15) is 0 Å². The van der Waals surface area contributed by atoms with Crippen molar-refractivity contribution in [3.63, 3.8) is 0 Å². The van der Waals surface area contributed by atoms with E-state index in [9.17, 15) is 4.79 Å². The molecule has 0 unspecified atom stereocenters. The van der Waals surface area contributed by atoms with Crippen molar-refractivity contribution in [1.29, 1.82) is 0 Å². The van der Waals surface area contributed by atoms with Gasteiger partial charge in [0.05, 0.1) is 5.69 Å². The minimum absolute atomic E-state index is 0.0206. The quantitative estimate of drug-likeness (QED) is 0.414. The van der Waals surface area contributed by atoms with E-state index in [1.54, 1.807) is 12.3 Å². The molecule has 30 heavy (non-hydrogen) atoms. The number of hydrogen-bond donors (Lipinski definition) is 1. The summed E-state index contributed by atoms with van der Waals surface area (Å²) in [4.78, 5) is 21.1. The average molecular weight is 398 g/mol. The molecule has 1 amide bonds. The number of aromatic nitrogens is 2. The number of benzene rings is 1. The predicted molar refractivity (Wildman–Crippen MR) is 120 cm³/mol. The zero-order chi connectivity index (χ0) is 20.7. The van der Waals surface area contributed by atoms with Gasteiger partial charge >= 0.3 is 0 Å². The number of carbonyl (C=O) groups is 1. The number of nitrogens with zero attached hydrogens (tertiary/aromatic N) is 2. The fraction of sp³-hybridized carbons (Fsp3) is 0.269. The van der Waals surface area contributed by atoms with E-state index in [0.717, 1.165) is 43.4 Å². The van der Waals surface area contributed by atoms with Gasteiger partial charge in [-0.15, -0.1) is 0 Å². The molecule has 4 rings (SSSR count). The van der Waals surface area contributed by atoms with Gasteiger partial charge in [-0.3, -0.25) is 14.8 Å². The van der Waals surface area contributed by atoms with Crippen molar-refractivity contribution >= 4 is 5.91 Å². The molecular formula is C26H27N3O. The van der Waals surface area contributed by atoms with Crippen LogP contribution in [-0.2, 0) is 16.6 Å². The molecule has 1 aliphatic carbocycles. The van der Waals surface area contributed by atoms with Crippen LogP contribution in [0.25, 0.3) is 11.3 Å². The number of allylic oxidation sites excluding steroid dienone is 1. The second-order valence-electron chi connectivity index (χ2n) is 7.86. The molecule has 0 radical (unpaired) electrons. The molecule has 3 aromatic rings. The number of carbonyl (C=O) groups excluding carboxylic acids is 1.